The molecule has 0 fully saturated rings. The summed E-state index contributed by atoms with van der Waals surface area (Å²) in [6.07, 6.45) is 0. The third kappa shape index (κ3) is 2.81. The zero-order valence-electron chi connectivity index (χ0n) is 9.00. The van der Waals surface area contributed by atoms with Crippen LogP contribution in [-0.4, -0.2) is 11.5 Å². The van der Waals surface area contributed by atoms with Gasteiger partial charge in [-0.25, -0.2) is 0 Å². The Morgan fingerprint density at radius 3 is 2.79 bits per heavy atom. The van der Waals surface area contributed by atoms with Crippen LogP contribution in [-0.2, 0) is 0 Å². The smallest absolute Gasteiger partial charge is 0.106 e. The van der Waals surface area contributed by atoms with E-state index in [2.05, 4.69) is 50.4 Å². The van der Waals surface area contributed by atoms with Gasteiger partial charge in [-0.1, -0.05) is 44.3 Å². The SMILES string of the molecule is CCNC(=S)c1cccc(C(C)C)c1.[HH]. The number of benzene rings is 1. The average molecular weight is 209 g/mol. The van der Waals surface area contributed by atoms with Crippen molar-refractivity contribution in [3.63, 3.8) is 0 Å². The number of hydrogen-bond acceptors (Lipinski definition) is 1. The highest BCUT2D eigenvalue weighted by Crippen LogP contribution is 2.15. The molecule has 1 aromatic rings. The molecule has 0 saturated carbocycles. The Hall–Kier alpha value is -0.890. The fourth-order valence-electron chi connectivity index (χ4n) is 1.30. The third-order valence-electron chi connectivity index (χ3n) is 2.15. The minimum Gasteiger partial charge on any atom is -0.376 e. The highest BCUT2D eigenvalue weighted by Gasteiger charge is 2.03. The van der Waals surface area contributed by atoms with E-state index in [0.29, 0.717) is 5.92 Å². The van der Waals surface area contributed by atoms with Gasteiger partial charge in [-0.05, 0) is 24.5 Å². The van der Waals surface area contributed by atoms with E-state index >= 15 is 0 Å². The lowest BCUT2D eigenvalue weighted by atomic mass is 10.0. The number of thiocarbonyl (C=S) groups is 1. The quantitative estimate of drug-likeness (QED) is 0.766. The van der Waals surface area contributed by atoms with E-state index in [1.165, 1.54) is 5.56 Å². The zero-order chi connectivity index (χ0) is 10.6. The third-order valence-corrected chi connectivity index (χ3v) is 2.53. The van der Waals surface area contributed by atoms with Crippen molar-refractivity contribution in [2.24, 2.45) is 0 Å². The van der Waals surface area contributed by atoms with Crippen molar-refractivity contribution in [3.8, 4) is 0 Å². The number of hydrogen-bond donors (Lipinski definition) is 1. The minimum atomic E-state index is 0. The van der Waals surface area contributed by atoms with Gasteiger partial charge in [0.2, 0.25) is 0 Å². The molecule has 0 radical (unpaired) electrons. The Morgan fingerprint density at radius 1 is 1.50 bits per heavy atom. The number of rotatable bonds is 3. The van der Waals surface area contributed by atoms with Gasteiger partial charge in [-0.15, -0.1) is 0 Å². The summed E-state index contributed by atoms with van der Waals surface area (Å²) in [5.41, 5.74) is 2.45. The topological polar surface area (TPSA) is 12.0 Å². The van der Waals surface area contributed by atoms with Crippen LogP contribution in [0.5, 0.6) is 0 Å². The van der Waals surface area contributed by atoms with Gasteiger partial charge in [0.05, 0.1) is 0 Å². The van der Waals surface area contributed by atoms with Gasteiger partial charge in [0, 0.05) is 13.5 Å². The van der Waals surface area contributed by atoms with E-state index < -0.39 is 0 Å². The highest BCUT2D eigenvalue weighted by atomic mass is 32.1. The molecule has 1 N–H and O–H groups in total. The molecule has 0 aliphatic rings. The second-order valence-electron chi connectivity index (χ2n) is 3.64. The summed E-state index contributed by atoms with van der Waals surface area (Å²) in [4.78, 5) is 0.843. The Morgan fingerprint density at radius 2 is 2.21 bits per heavy atom. The molecule has 0 atom stereocenters. The van der Waals surface area contributed by atoms with E-state index in [0.717, 1.165) is 17.1 Å². The average Bonchev–Trinajstić information content (AvgIpc) is 2.18. The zero-order valence-corrected chi connectivity index (χ0v) is 9.82. The summed E-state index contributed by atoms with van der Waals surface area (Å²) < 4.78 is 0. The van der Waals surface area contributed by atoms with Crippen LogP contribution >= 0.6 is 12.2 Å². The molecule has 0 heterocycles. The molecule has 0 amide bonds. The lowest BCUT2D eigenvalue weighted by molar-refractivity contribution is 0.866. The van der Waals surface area contributed by atoms with Gasteiger partial charge >= 0.3 is 0 Å². The van der Waals surface area contributed by atoms with E-state index in [9.17, 15) is 0 Å². The Kier molecular flexibility index (Phi) is 4.08. The fourth-order valence-corrected chi connectivity index (χ4v) is 1.57. The molecular formula is C12H19NS. The van der Waals surface area contributed by atoms with Crippen LogP contribution < -0.4 is 5.32 Å². The van der Waals surface area contributed by atoms with Gasteiger partial charge in [-0.3, -0.25) is 0 Å². The molecule has 1 rings (SSSR count). The van der Waals surface area contributed by atoms with Crippen molar-refractivity contribution < 1.29 is 1.43 Å². The molecule has 0 unspecified atom stereocenters. The molecule has 0 bridgehead atoms. The second-order valence-corrected chi connectivity index (χ2v) is 4.05. The molecule has 1 aromatic carbocycles. The summed E-state index contributed by atoms with van der Waals surface area (Å²) in [6.45, 7) is 7.31. The van der Waals surface area contributed by atoms with E-state index in [1.807, 2.05) is 0 Å². The minimum absolute atomic E-state index is 0. The standard InChI is InChI=1S/C12H17NS.H2/c1-4-13-12(14)11-7-5-6-10(8-11)9(2)3;/h5-9H,4H2,1-3H3,(H,13,14);1H. The number of nitrogens with one attached hydrogen (secondary N) is 1. The predicted octanol–water partition coefficient (Wildman–Crippen LogP) is 3.34. The van der Waals surface area contributed by atoms with Crippen molar-refractivity contribution in [1.82, 2.24) is 5.32 Å². The summed E-state index contributed by atoms with van der Waals surface area (Å²) in [6, 6.07) is 8.42. The Balaban J connectivity index is 0.00000196. The summed E-state index contributed by atoms with van der Waals surface area (Å²) in [7, 11) is 0. The normalized spacial score (nSPS) is 10.3. The van der Waals surface area contributed by atoms with Gasteiger partial charge in [-0.2, -0.15) is 0 Å². The van der Waals surface area contributed by atoms with Crippen molar-refractivity contribution in [3.05, 3.63) is 35.4 Å². The fraction of sp³-hybridized carbons (Fsp3) is 0.417. The van der Waals surface area contributed by atoms with Crippen LogP contribution in [0.2, 0.25) is 0 Å². The molecule has 14 heavy (non-hydrogen) atoms. The van der Waals surface area contributed by atoms with E-state index in [-0.39, 0.29) is 1.43 Å². The van der Waals surface area contributed by atoms with Gasteiger partial charge in [0.15, 0.2) is 0 Å². The Labute approximate surface area is 93.0 Å². The lowest BCUT2D eigenvalue weighted by Crippen LogP contribution is -2.21. The molecule has 2 heteroatoms. The molecule has 0 aromatic heterocycles. The van der Waals surface area contributed by atoms with Crippen LogP contribution in [0.15, 0.2) is 24.3 Å². The Bertz CT molecular complexity index is 323. The van der Waals surface area contributed by atoms with E-state index in [4.69, 9.17) is 12.2 Å². The van der Waals surface area contributed by atoms with Crippen LogP contribution in [0, 0.1) is 0 Å². The van der Waals surface area contributed by atoms with Crippen LogP contribution in [0.3, 0.4) is 0 Å². The molecule has 0 spiro atoms. The maximum Gasteiger partial charge on any atom is 0.106 e. The largest absolute Gasteiger partial charge is 0.376 e. The monoisotopic (exact) mass is 209 g/mol. The van der Waals surface area contributed by atoms with Crippen molar-refractivity contribution >= 4 is 17.2 Å². The summed E-state index contributed by atoms with van der Waals surface area (Å²) in [5.74, 6) is 0.555. The first-order chi connectivity index (χ1) is 6.65. The van der Waals surface area contributed by atoms with Crippen LogP contribution in [0.1, 0.15) is 39.2 Å². The first-order valence-electron chi connectivity index (χ1n) is 5.03. The van der Waals surface area contributed by atoms with Gasteiger partial charge in [0.25, 0.3) is 0 Å². The van der Waals surface area contributed by atoms with Crippen LogP contribution in [0.4, 0.5) is 0 Å². The molecule has 0 saturated heterocycles. The summed E-state index contributed by atoms with van der Waals surface area (Å²) >= 11 is 5.25. The van der Waals surface area contributed by atoms with Crippen molar-refractivity contribution in [2.45, 2.75) is 26.7 Å². The maximum absolute atomic E-state index is 5.25. The molecular weight excluding hydrogens is 190 g/mol. The van der Waals surface area contributed by atoms with Crippen molar-refractivity contribution in [2.75, 3.05) is 6.54 Å². The highest BCUT2D eigenvalue weighted by molar-refractivity contribution is 7.80. The van der Waals surface area contributed by atoms with Gasteiger partial charge < -0.3 is 5.32 Å². The molecule has 0 aliphatic carbocycles. The molecule has 1 nitrogen and oxygen atoms in total. The van der Waals surface area contributed by atoms with Crippen LogP contribution in [0.25, 0.3) is 0 Å². The second kappa shape index (κ2) is 5.11. The van der Waals surface area contributed by atoms with Gasteiger partial charge in [0.1, 0.15) is 4.99 Å². The molecule has 78 valence electrons. The van der Waals surface area contributed by atoms with Crippen molar-refractivity contribution in [1.29, 1.82) is 0 Å². The van der Waals surface area contributed by atoms with E-state index in [1.54, 1.807) is 0 Å². The maximum atomic E-state index is 5.25. The summed E-state index contributed by atoms with van der Waals surface area (Å²) in [5, 5.41) is 3.16. The lowest BCUT2D eigenvalue weighted by Gasteiger charge is -2.09. The predicted molar refractivity (Wildman–Crippen MR) is 68.0 cm³/mol. The molecule has 0 aliphatic heterocycles. The first kappa shape index (κ1) is 11.2. The first-order valence-corrected chi connectivity index (χ1v) is 5.44.